The SMILES string of the molecule is O=[N+]([O-])c1ccc(N2CCN(CCOc3ccc(Cl)cc3)CC2)cc1. The highest BCUT2D eigenvalue weighted by Crippen LogP contribution is 2.20. The molecule has 7 heteroatoms. The van der Waals surface area contributed by atoms with Gasteiger partial charge in [0.1, 0.15) is 12.4 Å². The van der Waals surface area contributed by atoms with Crippen LogP contribution in [0.5, 0.6) is 5.75 Å². The van der Waals surface area contributed by atoms with Crippen LogP contribution in [0.3, 0.4) is 0 Å². The van der Waals surface area contributed by atoms with E-state index >= 15 is 0 Å². The number of ether oxygens (including phenoxy) is 1. The minimum atomic E-state index is -0.373. The monoisotopic (exact) mass is 361 g/mol. The Balaban J connectivity index is 1.42. The van der Waals surface area contributed by atoms with Gasteiger partial charge < -0.3 is 9.64 Å². The Kier molecular flexibility index (Phi) is 5.73. The second-order valence-electron chi connectivity index (χ2n) is 5.90. The fourth-order valence-corrected chi connectivity index (χ4v) is 2.96. The molecule has 0 N–H and O–H groups in total. The van der Waals surface area contributed by atoms with Crippen molar-refractivity contribution in [3.63, 3.8) is 0 Å². The third-order valence-corrected chi connectivity index (χ3v) is 4.54. The summed E-state index contributed by atoms with van der Waals surface area (Å²) < 4.78 is 5.73. The molecule has 0 atom stereocenters. The first-order chi connectivity index (χ1) is 12.1. The standard InChI is InChI=1S/C18H20ClN3O3/c19-15-1-7-18(8-2-15)25-14-13-20-9-11-21(12-10-20)16-3-5-17(6-4-16)22(23)24/h1-8H,9-14H2. The van der Waals surface area contributed by atoms with Crippen LogP contribution < -0.4 is 9.64 Å². The summed E-state index contributed by atoms with van der Waals surface area (Å²) in [6, 6.07) is 14.1. The number of hydrogen-bond donors (Lipinski definition) is 0. The van der Waals surface area contributed by atoms with Gasteiger partial charge in [-0.1, -0.05) is 11.6 Å². The van der Waals surface area contributed by atoms with Crippen LogP contribution >= 0.6 is 11.6 Å². The molecule has 0 amide bonds. The number of nitrogens with zero attached hydrogens (tertiary/aromatic N) is 3. The smallest absolute Gasteiger partial charge is 0.269 e. The van der Waals surface area contributed by atoms with E-state index in [0.717, 1.165) is 44.2 Å². The maximum absolute atomic E-state index is 10.7. The molecule has 1 fully saturated rings. The molecule has 1 heterocycles. The first-order valence-corrected chi connectivity index (χ1v) is 8.60. The van der Waals surface area contributed by atoms with Crippen molar-refractivity contribution in [2.75, 3.05) is 44.2 Å². The lowest BCUT2D eigenvalue weighted by Gasteiger charge is -2.36. The molecular formula is C18H20ClN3O3. The molecule has 3 rings (SSSR count). The second-order valence-corrected chi connectivity index (χ2v) is 6.34. The Morgan fingerprint density at radius 2 is 1.64 bits per heavy atom. The largest absolute Gasteiger partial charge is 0.492 e. The van der Waals surface area contributed by atoms with Crippen LogP contribution in [0.2, 0.25) is 5.02 Å². The van der Waals surface area contributed by atoms with E-state index in [-0.39, 0.29) is 10.6 Å². The molecule has 1 aliphatic heterocycles. The highest BCUT2D eigenvalue weighted by Gasteiger charge is 2.17. The Morgan fingerprint density at radius 3 is 2.24 bits per heavy atom. The van der Waals surface area contributed by atoms with Crippen LogP contribution in [0.4, 0.5) is 11.4 Å². The summed E-state index contributed by atoms with van der Waals surface area (Å²) in [4.78, 5) is 15.0. The molecule has 0 aliphatic carbocycles. The molecule has 0 bridgehead atoms. The summed E-state index contributed by atoms with van der Waals surface area (Å²) in [5, 5.41) is 11.4. The fourth-order valence-electron chi connectivity index (χ4n) is 2.84. The van der Waals surface area contributed by atoms with E-state index in [2.05, 4.69) is 9.80 Å². The summed E-state index contributed by atoms with van der Waals surface area (Å²) in [5.41, 5.74) is 1.16. The molecule has 0 radical (unpaired) electrons. The van der Waals surface area contributed by atoms with Crippen LogP contribution in [0.1, 0.15) is 0 Å². The van der Waals surface area contributed by atoms with Crippen molar-refractivity contribution in [2.45, 2.75) is 0 Å². The zero-order valence-electron chi connectivity index (χ0n) is 13.8. The fraction of sp³-hybridized carbons (Fsp3) is 0.333. The van der Waals surface area contributed by atoms with E-state index in [1.54, 1.807) is 12.1 Å². The van der Waals surface area contributed by atoms with Gasteiger partial charge in [0.15, 0.2) is 0 Å². The first-order valence-electron chi connectivity index (χ1n) is 8.22. The van der Waals surface area contributed by atoms with E-state index in [1.165, 1.54) is 0 Å². The zero-order chi connectivity index (χ0) is 17.6. The number of benzene rings is 2. The molecule has 2 aromatic rings. The van der Waals surface area contributed by atoms with E-state index in [1.807, 2.05) is 36.4 Å². The van der Waals surface area contributed by atoms with Gasteiger partial charge in [0, 0.05) is 55.6 Å². The molecule has 1 saturated heterocycles. The number of piperazine rings is 1. The van der Waals surface area contributed by atoms with Crippen molar-refractivity contribution in [3.8, 4) is 5.75 Å². The lowest BCUT2D eigenvalue weighted by Crippen LogP contribution is -2.47. The van der Waals surface area contributed by atoms with Crippen molar-refractivity contribution in [2.24, 2.45) is 0 Å². The molecule has 0 spiro atoms. The first kappa shape index (κ1) is 17.5. The third kappa shape index (κ3) is 4.84. The van der Waals surface area contributed by atoms with E-state index in [4.69, 9.17) is 16.3 Å². The van der Waals surface area contributed by atoms with Gasteiger partial charge in [0.2, 0.25) is 0 Å². The Bertz CT molecular complexity index is 699. The maximum atomic E-state index is 10.7. The number of non-ortho nitro benzene ring substituents is 1. The average molecular weight is 362 g/mol. The van der Waals surface area contributed by atoms with Crippen molar-refractivity contribution >= 4 is 23.0 Å². The molecule has 0 aromatic heterocycles. The van der Waals surface area contributed by atoms with Gasteiger partial charge in [0.05, 0.1) is 4.92 Å². The quantitative estimate of drug-likeness (QED) is 0.582. The Morgan fingerprint density at radius 1 is 1.00 bits per heavy atom. The van der Waals surface area contributed by atoms with Gasteiger partial charge >= 0.3 is 0 Å². The number of rotatable bonds is 6. The molecule has 0 saturated carbocycles. The highest BCUT2D eigenvalue weighted by atomic mass is 35.5. The molecular weight excluding hydrogens is 342 g/mol. The third-order valence-electron chi connectivity index (χ3n) is 4.29. The van der Waals surface area contributed by atoms with Gasteiger partial charge in [0.25, 0.3) is 5.69 Å². The van der Waals surface area contributed by atoms with Crippen molar-refractivity contribution < 1.29 is 9.66 Å². The normalized spacial score (nSPS) is 15.2. The van der Waals surface area contributed by atoms with Gasteiger partial charge in [-0.2, -0.15) is 0 Å². The predicted molar refractivity (Wildman–Crippen MR) is 98.7 cm³/mol. The van der Waals surface area contributed by atoms with Crippen LogP contribution in [-0.2, 0) is 0 Å². The summed E-state index contributed by atoms with van der Waals surface area (Å²) in [5.74, 6) is 0.828. The van der Waals surface area contributed by atoms with E-state index in [0.29, 0.717) is 11.6 Å². The van der Waals surface area contributed by atoms with E-state index in [9.17, 15) is 10.1 Å². The topological polar surface area (TPSA) is 58.9 Å². The predicted octanol–water partition coefficient (Wildman–Crippen LogP) is 3.45. The minimum absolute atomic E-state index is 0.127. The van der Waals surface area contributed by atoms with Crippen LogP contribution in [-0.4, -0.2) is 49.2 Å². The maximum Gasteiger partial charge on any atom is 0.269 e. The number of anilines is 1. The van der Waals surface area contributed by atoms with Gasteiger partial charge in [-0.15, -0.1) is 0 Å². The Labute approximate surface area is 151 Å². The lowest BCUT2D eigenvalue weighted by molar-refractivity contribution is -0.384. The molecule has 25 heavy (non-hydrogen) atoms. The van der Waals surface area contributed by atoms with E-state index < -0.39 is 0 Å². The van der Waals surface area contributed by atoms with Crippen molar-refractivity contribution in [1.29, 1.82) is 0 Å². The van der Waals surface area contributed by atoms with Crippen molar-refractivity contribution in [3.05, 3.63) is 63.7 Å². The van der Waals surface area contributed by atoms with Gasteiger partial charge in [-0.3, -0.25) is 15.0 Å². The second kappa shape index (κ2) is 8.18. The van der Waals surface area contributed by atoms with Crippen LogP contribution in [0, 0.1) is 10.1 Å². The molecule has 132 valence electrons. The Hall–Kier alpha value is -2.31. The number of halogens is 1. The van der Waals surface area contributed by atoms with Gasteiger partial charge in [-0.25, -0.2) is 0 Å². The molecule has 0 unspecified atom stereocenters. The summed E-state index contributed by atoms with van der Waals surface area (Å²) >= 11 is 5.85. The minimum Gasteiger partial charge on any atom is -0.492 e. The summed E-state index contributed by atoms with van der Waals surface area (Å²) in [7, 11) is 0. The molecule has 1 aliphatic rings. The van der Waals surface area contributed by atoms with Crippen LogP contribution in [0.15, 0.2) is 48.5 Å². The zero-order valence-corrected chi connectivity index (χ0v) is 14.6. The lowest BCUT2D eigenvalue weighted by atomic mass is 10.2. The summed E-state index contributed by atoms with van der Waals surface area (Å²) in [6.45, 7) is 5.20. The average Bonchev–Trinajstić information content (AvgIpc) is 2.64. The number of hydrogen-bond acceptors (Lipinski definition) is 5. The van der Waals surface area contributed by atoms with Crippen LogP contribution in [0.25, 0.3) is 0 Å². The van der Waals surface area contributed by atoms with Crippen molar-refractivity contribution in [1.82, 2.24) is 4.90 Å². The molecule has 6 nitrogen and oxygen atoms in total. The summed E-state index contributed by atoms with van der Waals surface area (Å²) in [6.07, 6.45) is 0. The number of nitro benzene ring substituents is 1. The highest BCUT2D eigenvalue weighted by molar-refractivity contribution is 6.30. The number of nitro groups is 1. The molecule has 2 aromatic carbocycles. The van der Waals surface area contributed by atoms with Gasteiger partial charge in [-0.05, 0) is 36.4 Å².